The van der Waals surface area contributed by atoms with Gasteiger partial charge in [-0.3, -0.25) is 4.90 Å². The van der Waals surface area contributed by atoms with Gasteiger partial charge in [-0.05, 0) is 39.9 Å². The highest BCUT2D eigenvalue weighted by Crippen LogP contribution is 2.48. The van der Waals surface area contributed by atoms with Crippen molar-refractivity contribution in [3.63, 3.8) is 0 Å². The Hall–Kier alpha value is -3.31. The maximum Gasteiger partial charge on any atom is 0.411 e. The SMILES string of the molecule is COC(=O)N(C1c2ccccc2-c2ccccc21)[C@@H](C(=O)O)c1ccc(Cl)cc1. The summed E-state index contributed by atoms with van der Waals surface area (Å²) in [6.07, 6.45) is -0.719. The molecule has 0 radical (unpaired) electrons. The lowest BCUT2D eigenvalue weighted by atomic mass is 9.98. The molecule has 4 rings (SSSR count). The van der Waals surface area contributed by atoms with E-state index in [4.69, 9.17) is 16.3 Å². The van der Waals surface area contributed by atoms with Gasteiger partial charge in [0.05, 0.1) is 13.2 Å². The number of benzene rings is 3. The molecule has 0 aromatic heterocycles. The number of aliphatic carboxylic acids is 1. The van der Waals surface area contributed by atoms with Gasteiger partial charge in [-0.15, -0.1) is 0 Å². The van der Waals surface area contributed by atoms with Crippen LogP contribution in [0.15, 0.2) is 72.8 Å². The van der Waals surface area contributed by atoms with Crippen molar-refractivity contribution in [2.45, 2.75) is 12.1 Å². The Labute approximate surface area is 173 Å². The average molecular weight is 408 g/mol. The zero-order chi connectivity index (χ0) is 20.5. The molecule has 1 aliphatic carbocycles. The molecular weight excluding hydrogens is 390 g/mol. The van der Waals surface area contributed by atoms with E-state index in [2.05, 4.69) is 0 Å². The highest BCUT2D eigenvalue weighted by atomic mass is 35.5. The number of carbonyl (C=O) groups excluding carboxylic acids is 1. The number of carbonyl (C=O) groups is 2. The van der Waals surface area contributed by atoms with Crippen LogP contribution in [0.2, 0.25) is 5.02 Å². The molecule has 0 spiro atoms. The quantitative estimate of drug-likeness (QED) is 0.636. The Morgan fingerprint density at radius 2 is 1.45 bits per heavy atom. The molecule has 1 N–H and O–H groups in total. The van der Waals surface area contributed by atoms with Crippen molar-refractivity contribution in [2.75, 3.05) is 7.11 Å². The fourth-order valence-electron chi connectivity index (χ4n) is 3.96. The van der Waals surface area contributed by atoms with Crippen LogP contribution < -0.4 is 0 Å². The molecule has 0 saturated carbocycles. The first kappa shape index (κ1) is 19.0. The van der Waals surface area contributed by atoms with E-state index in [1.54, 1.807) is 24.3 Å². The average Bonchev–Trinajstić information content (AvgIpc) is 3.06. The van der Waals surface area contributed by atoms with Gasteiger partial charge in [0.15, 0.2) is 6.04 Å². The van der Waals surface area contributed by atoms with Gasteiger partial charge in [0.1, 0.15) is 0 Å². The fraction of sp³-hybridized carbons (Fsp3) is 0.130. The topological polar surface area (TPSA) is 66.8 Å². The molecule has 0 heterocycles. The molecule has 0 bridgehead atoms. The van der Waals surface area contributed by atoms with Crippen molar-refractivity contribution in [3.8, 4) is 11.1 Å². The summed E-state index contributed by atoms with van der Waals surface area (Å²) >= 11 is 5.97. The van der Waals surface area contributed by atoms with Gasteiger partial charge in [0, 0.05) is 5.02 Å². The number of amides is 1. The van der Waals surface area contributed by atoms with Crippen molar-refractivity contribution in [2.24, 2.45) is 0 Å². The van der Waals surface area contributed by atoms with Crippen molar-refractivity contribution in [1.29, 1.82) is 0 Å². The molecule has 1 amide bonds. The Bertz CT molecular complexity index is 1030. The number of halogens is 1. The molecule has 0 fully saturated rings. The summed E-state index contributed by atoms with van der Waals surface area (Å²) in [5.41, 5.74) is 4.11. The van der Waals surface area contributed by atoms with Crippen LogP contribution in [0.5, 0.6) is 0 Å². The second-order valence-corrected chi connectivity index (χ2v) is 7.18. The zero-order valence-electron chi connectivity index (χ0n) is 15.6. The van der Waals surface area contributed by atoms with E-state index in [1.165, 1.54) is 12.0 Å². The molecule has 29 heavy (non-hydrogen) atoms. The third-order valence-corrected chi connectivity index (χ3v) is 5.41. The second kappa shape index (κ2) is 7.60. The van der Waals surface area contributed by atoms with Crippen LogP contribution >= 0.6 is 11.6 Å². The fourth-order valence-corrected chi connectivity index (χ4v) is 4.09. The van der Waals surface area contributed by atoms with E-state index in [1.807, 2.05) is 48.5 Å². The van der Waals surface area contributed by atoms with Crippen LogP contribution in [0.1, 0.15) is 28.8 Å². The highest BCUT2D eigenvalue weighted by Gasteiger charge is 2.42. The molecule has 146 valence electrons. The zero-order valence-corrected chi connectivity index (χ0v) is 16.3. The first-order chi connectivity index (χ1) is 14.0. The van der Waals surface area contributed by atoms with Gasteiger partial charge in [-0.1, -0.05) is 72.3 Å². The van der Waals surface area contributed by atoms with Gasteiger partial charge in [-0.25, -0.2) is 9.59 Å². The number of fused-ring (bicyclic) bond motifs is 3. The van der Waals surface area contributed by atoms with Crippen molar-refractivity contribution < 1.29 is 19.4 Å². The number of hydrogen-bond donors (Lipinski definition) is 1. The first-order valence-corrected chi connectivity index (χ1v) is 9.43. The number of nitrogens with zero attached hydrogens (tertiary/aromatic N) is 1. The number of carboxylic acid groups (broad SMARTS) is 1. The van der Waals surface area contributed by atoms with E-state index in [0.29, 0.717) is 10.6 Å². The van der Waals surface area contributed by atoms with Crippen LogP contribution in [0.3, 0.4) is 0 Å². The molecule has 0 aliphatic heterocycles. The van der Waals surface area contributed by atoms with Gasteiger partial charge in [-0.2, -0.15) is 0 Å². The Kier molecular flexibility index (Phi) is 4.99. The lowest BCUT2D eigenvalue weighted by Crippen LogP contribution is -2.41. The third kappa shape index (κ3) is 3.23. The molecule has 0 unspecified atom stereocenters. The second-order valence-electron chi connectivity index (χ2n) is 6.75. The Morgan fingerprint density at radius 1 is 0.931 bits per heavy atom. The van der Waals surface area contributed by atoms with Crippen molar-refractivity contribution in [1.82, 2.24) is 4.90 Å². The smallest absolute Gasteiger partial charge is 0.411 e. The molecule has 1 atom stereocenters. The van der Waals surface area contributed by atoms with Crippen LogP contribution in [0.25, 0.3) is 11.1 Å². The minimum absolute atomic E-state index is 0.439. The summed E-state index contributed by atoms with van der Waals surface area (Å²) in [6.45, 7) is 0. The van der Waals surface area contributed by atoms with E-state index in [9.17, 15) is 14.7 Å². The largest absolute Gasteiger partial charge is 0.479 e. The predicted octanol–water partition coefficient (Wildman–Crippen LogP) is 5.30. The summed E-state index contributed by atoms with van der Waals surface area (Å²) in [6, 6.07) is 20.0. The summed E-state index contributed by atoms with van der Waals surface area (Å²) in [7, 11) is 1.25. The number of hydrogen-bond acceptors (Lipinski definition) is 3. The Balaban J connectivity index is 1.93. The number of methoxy groups -OCH3 is 1. The maximum atomic E-state index is 12.9. The van der Waals surface area contributed by atoms with Crippen molar-refractivity contribution in [3.05, 3.63) is 94.5 Å². The number of ether oxygens (including phenoxy) is 1. The van der Waals surface area contributed by atoms with Crippen LogP contribution in [0, 0.1) is 0 Å². The molecule has 1 aliphatic rings. The molecule has 0 saturated heterocycles. The van der Waals surface area contributed by atoms with Gasteiger partial charge >= 0.3 is 12.1 Å². The standard InChI is InChI=1S/C23H18ClNO4/c1-29-23(28)25(20(22(26)27)14-10-12-15(24)13-11-14)21-18-8-4-2-6-16(18)17-7-3-5-9-19(17)21/h2-13,20-21H,1H3,(H,26,27)/t20-/m1/s1. The molecule has 6 heteroatoms. The normalized spacial score (nSPS) is 13.3. The molecule has 3 aromatic rings. The molecule has 3 aromatic carbocycles. The van der Waals surface area contributed by atoms with E-state index >= 15 is 0 Å². The minimum atomic E-state index is -1.25. The summed E-state index contributed by atoms with van der Waals surface area (Å²) < 4.78 is 5.03. The minimum Gasteiger partial charge on any atom is -0.479 e. The van der Waals surface area contributed by atoms with Gasteiger partial charge < -0.3 is 9.84 Å². The maximum absolute atomic E-state index is 12.9. The summed E-state index contributed by atoms with van der Waals surface area (Å²) in [4.78, 5) is 26.6. The van der Waals surface area contributed by atoms with Gasteiger partial charge in [0.2, 0.25) is 0 Å². The number of carboxylic acids is 1. The monoisotopic (exact) mass is 407 g/mol. The van der Waals surface area contributed by atoms with Crippen LogP contribution in [-0.2, 0) is 9.53 Å². The molecule has 5 nitrogen and oxygen atoms in total. The highest BCUT2D eigenvalue weighted by molar-refractivity contribution is 6.30. The van der Waals surface area contributed by atoms with Crippen LogP contribution in [0.4, 0.5) is 4.79 Å². The predicted molar refractivity (Wildman–Crippen MR) is 110 cm³/mol. The van der Waals surface area contributed by atoms with E-state index in [0.717, 1.165) is 22.3 Å². The lowest BCUT2D eigenvalue weighted by Gasteiger charge is -2.34. The van der Waals surface area contributed by atoms with Crippen LogP contribution in [-0.4, -0.2) is 29.2 Å². The summed E-state index contributed by atoms with van der Waals surface area (Å²) in [5.74, 6) is -1.15. The van der Waals surface area contributed by atoms with Gasteiger partial charge in [0.25, 0.3) is 0 Å². The third-order valence-electron chi connectivity index (χ3n) is 5.16. The first-order valence-electron chi connectivity index (χ1n) is 9.05. The van der Waals surface area contributed by atoms with E-state index < -0.39 is 24.1 Å². The molecular formula is C23H18ClNO4. The lowest BCUT2D eigenvalue weighted by molar-refractivity contribution is -0.143. The van der Waals surface area contributed by atoms with E-state index in [-0.39, 0.29) is 0 Å². The Morgan fingerprint density at radius 3 is 1.93 bits per heavy atom. The summed E-state index contributed by atoms with van der Waals surface area (Å²) in [5, 5.41) is 10.6. The number of rotatable bonds is 4. The van der Waals surface area contributed by atoms with Crippen molar-refractivity contribution >= 4 is 23.7 Å².